The lowest BCUT2D eigenvalue weighted by molar-refractivity contribution is 1.05. The molecule has 0 bridgehead atoms. The van der Waals surface area contributed by atoms with Crippen molar-refractivity contribution in [3.8, 4) is 0 Å². The van der Waals surface area contributed by atoms with Gasteiger partial charge in [0.25, 0.3) is 0 Å². The first kappa shape index (κ1) is 9.35. The maximum Gasteiger partial charge on any atom is 0.181 e. The number of aromatic nitrogens is 4. The maximum absolute atomic E-state index is 4.44. The van der Waals surface area contributed by atoms with Crippen LogP contribution < -0.4 is 0 Å². The number of hydrogen-bond donors (Lipinski definition) is 0. The van der Waals surface area contributed by atoms with Crippen molar-refractivity contribution in [3.63, 3.8) is 0 Å². The molecule has 3 heterocycles. The van der Waals surface area contributed by atoms with E-state index in [1.165, 1.54) is 11.2 Å². The SMILES string of the molecule is c1csc(Cc2cnc3cncnc3n2)c1. The monoisotopic (exact) mass is 228 g/mol. The summed E-state index contributed by atoms with van der Waals surface area (Å²) in [5.74, 6) is 0. The van der Waals surface area contributed by atoms with Crippen LogP contribution in [0.15, 0.2) is 36.2 Å². The van der Waals surface area contributed by atoms with Crippen LogP contribution in [0, 0.1) is 0 Å². The molecule has 78 valence electrons. The fourth-order valence-corrected chi connectivity index (χ4v) is 2.20. The Hall–Kier alpha value is -1.88. The summed E-state index contributed by atoms with van der Waals surface area (Å²) in [7, 11) is 0. The fraction of sp³-hybridized carbons (Fsp3) is 0.0909. The Kier molecular flexibility index (Phi) is 2.30. The van der Waals surface area contributed by atoms with Crippen molar-refractivity contribution in [1.82, 2.24) is 19.9 Å². The number of thiophene rings is 1. The zero-order valence-electron chi connectivity index (χ0n) is 8.37. The molecule has 0 saturated heterocycles. The van der Waals surface area contributed by atoms with Crippen molar-refractivity contribution in [3.05, 3.63) is 46.8 Å². The molecule has 0 fully saturated rings. The van der Waals surface area contributed by atoms with Crippen LogP contribution in [0.1, 0.15) is 10.6 Å². The second kappa shape index (κ2) is 3.94. The Morgan fingerprint density at radius 1 is 1.19 bits per heavy atom. The summed E-state index contributed by atoms with van der Waals surface area (Å²) in [6.07, 6.45) is 5.76. The highest BCUT2D eigenvalue weighted by Crippen LogP contribution is 2.14. The number of hydrogen-bond acceptors (Lipinski definition) is 5. The van der Waals surface area contributed by atoms with Crippen molar-refractivity contribution >= 4 is 22.5 Å². The predicted molar refractivity (Wildman–Crippen MR) is 62.3 cm³/mol. The summed E-state index contributed by atoms with van der Waals surface area (Å²) in [6.45, 7) is 0. The molecule has 3 rings (SSSR count). The third kappa shape index (κ3) is 1.77. The number of fused-ring (bicyclic) bond motifs is 1. The van der Waals surface area contributed by atoms with Gasteiger partial charge in [0, 0.05) is 17.5 Å². The highest BCUT2D eigenvalue weighted by Gasteiger charge is 2.02. The summed E-state index contributed by atoms with van der Waals surface area (Å²) < 4.78 is 0. The van der Waals surface area contributed by atoms with Crippen molar-refractivity contribution in [2.24, 2.45) is 0 Å². The van der Waals surface area contributed by atoms with Crippen molar-refractivity contribution in [2.45, 2.75) is 6.42 Å². The van der Waals surface area contributed by atoms with Gasteiger partial charge in [0.15, 0.2) is 5.65 Å². The van der Waals surface area contributed by atoms with E-state index in [-0.39, 0.29) is 0 Å². The Balaban J connectivity index is 1.99. The van der Waals surface area contributed by atoms with E-state index in [0.29, 0.717) is 5.65 Å². The lowest BCUT2D eigenvalue weighted by Gasteiger charge is -1.99. The Morgan fingerprint density at radius 2 is 2.19 bits per heavy atom. The predicted octanol–water partition coefficient (Wildman–Crippen LogP) is 2.07. The van der Waals surface area contributed by atoms with Crippen LogP contribution in [0.4, 0.5) is 0 Å². The van der Waals surface area contributed by atoms with E-state index < -0.39 is 0 Å². The molecule has 0 aliphatic heterocycles. The van der Waals surface area contributed by atoms with Crippen LogP contribution in [-0.4, -0.2) is 19.9 Å². The summed E-state index contributed by atoms with van der Waals surface area (Å²) in [4.78, 5) is 18.0. The Bertz CT molecular complexity index is 606. The Morgan fingerprint density at radius 3 is 3.06 bits per heavy atom. The van der Waals surface area contributed by atoms with E-state index in [9.17, 15) is 0 Å². The minimum atomic E-state index is 0.657. The van der Waals surface area contributed by atoms with Gasteiger partial charge in [-0.3, -0.25) is 0 Å². The van der Waals surface area contributed by atoms with E-state index in [4.69, 9.17) is 0 Å². The van der Waals surface area contributed by atoms with Gasteiger partial charge in [-0.1, -0.05) is 6.07 Å². The van der Waals surface area contributed by atoms with Crippen LogP contribution >= 0.6 is 11.3 Å². The molecule has 3 aromatic heterocycles. The number of rotatable bonds is 2. The molecule has 0 N–H and O–H groups in total. The molecule has 0 atom stereocenters. The molecule has 0 amide bonds. The fourth-order valence-electron chi connectivity index (χ4n) is 1.48. The third-order valence-corrected chi connectivity index (χ3v) is 3.09. The van der Waals surface area contributed by atoms with Gasteiger partial charge in [0.05, 0.1) is 11.9 Å². The van der Waals surface area contributed by atoms with Crippen LogP contribution in [0.25, 0.3) is 11.2 Å². The minimum absolute atomic E-state index is 0.657. The molecular weight excluding hydrogens is 220 g/mol. The van der Waals surface area contributed by atoms with E-state index >= 15 is 0 Å². The van der Waals surface area contributed by atoms with Gasteiger partial charge in [-0.2, -0.15) is 0 Å². The molecule has 0 aliphatic carbocycles. The molecule has 0 spiro atoms. The molecule has 3 aromatic rings. The molecule has 0 saturated carbocycles. The van der Waals surface area contributed by atoms with Crippen molar-refractivity contribution < 1.29 is 0 Å². The smallest absolute Gasteiger partial charge is 0.181 e. The molecule has 0 unspecified atom stereocenters. The summed E-state index contributed by atoms with van der Waals surface area (Å²) in [5.41, 5.74) is 2.33. The second-order valence-electron chi connectivity index (χ2n) is 3.35. The van der Waals surface area contributed by atoms with Crippen molar-refractivity contribution in [2.75, 3.05) is 0 Å². The maximum atomic E-state index is 4.44. The topological polar surface area (TPSA) is 51.6 Å². The normalized spacial score (nSPS) is 10.8. The first-order valence-electron chi connectivity index (χ1n) is 4.86. The van der Waals surface area contributed by atoms with Crippen LogP contribution in [-0.2, 0) is 6.42 Å². The quantitative estimate of drug-likeness (QED) is 0.673. The molecule has 0 aromatic carbocycles. The molecular formula is C11H8N4S. The molecule has 4 nitrogen and oxygen atoms in total. The van der Waals surface area contributed by atoms with Gasteiger partial charge >= 0.3 is 0 Å². The molecule has 16 heavy (non-hydrogen) atoms. The third-order valence-electron chi connectivity index (χ3n) is 2.21. The van der Waals surface area contributed by atoms with Gasteiger partial charge in [-0.15, -0.1) is 11.3 Å². The minimum Gasteiger partial charge on any atom is -0.249 e. The van der Waals surface area contributed by atoms with Crippen LogP contribution in [0.3, 0.4) is 0 Å². The zero-order chi connectivity index (χ0) is 10.8. The summed E-state index contributed by atoms with van der Waals surface area (Å²) in [6, 6.07) is 4.13. The lowest BCUT2D eigenvalue weighted by atomic mass is 10.3. The second-order valence-corrected chi connectivity index (χ2v) is 4.38. The Labute approximate surface area is 96.1 Å². The average Bonchev–Trinajstić information content (AvgIpc) is 2.82. The standard InChI is InChI=1S/C11H8N4S/c1-2-9(16-3-1)4-8-5-13-10-6-12-7-14-11(10)15-8/h1-3,5-7H,4H2. The van der Waals surface area contributed by atoms with Crippen molar-refractivity contribution in [1.29, 1.82) is 0 Å². The largest absolute Gasteiger partial charge is 0.249 e. The van der Waals surface area contributed by atoms with E-state index in [1.54, 1.807) is 23.7 Å². The highest BCUT2D eigenvalue weighted by molar-refractivity contribution is 7.09. The molecule has 5 heteroatoms. The molecule has 0 aliphatic rings. The zero-order valence-corrected chi connectivity index (χ0v) is 9.18. The highest BCUT2D eigenvalue weighted by atomic mass is 32.1. The van der Waals surface area contributed by atoms with E-state index in [2.05, 4.69) is 31.4 Å². The first-order chi connectivity index (χ1) is 7.92. The lowest BCUT2D eigenvalue weighted by Crippen LogP contribution is -1.95. The van der Waals surface area contributed by atoms with Gasteiger partial charge < -0.3 is 0 Å². The van der Waals surface area contributed by atoms with E-state index in [0.717, 1.165) is 17.6 Å². The van der Waals surface area contributed by atoms with Gasteiger partial charge in [-0.05, 0) is 11.4 Å². The van der Waals surface area contributed by atoms with Crippen LogP contribution in [0.5, 0.6) is 0 Å². The van der Waals surface area contributed by atoms with Crippen LogP contribution in [0.2, 0.25) is 0 Å². The number of nitrogens with zero attached hydrogens (tertiary/aromatic N) is 4. The summed E-state index contributed by atoms with van der Waals surface area (Å²) >= 11 is 1.72. The van der Waals surface area contributed by atoms with Gasteiger partial charge in [0.1, 0.15) is 11.8 Å². The molecule has 0 radical (unpaired) electrons. The van der Waals surface area contributed by atoms with Gasteiger partial charge in [-0.25, -0.2) is 19.9 Å². The van der Waals surface area contributed by atoms with Gasteiger partial charge in [0.2, 0.25) is 0 Å². The average molecular weight is 228 g/mol. The summed E-state index contributed by atoms with van der Waals surface area (Å²) in [5, 5.41) is 2.06. The van der Waals surface area contributed by atoms with E-state index in [1.807, 2.05) is 6.07 Å². The first-order valence-corrected chi connectivity index (χ1v) is 5.74.